The summed E-state index contributed by atoms with van der Waals surface area (Å²) < 4.78 is 17.3. The van der Waals surface area contributed by atoms with Gasteiger partial charge in [0.2, 0.25) is 0 Å². The highest BCUT2D eigenvalue weighted by Crippen LogP contribution is 2.29. The van der Waals surface area contributed by atoms with Crippen LogP contribution in [0.2, 0.25) is 0 Å². The number of benzene rings is 2. The fourth-order valence-corrected chi connectivity index (χ4v) is 3.83. The Hall–Kier alpha value is -4.73. The Kier molecular flexibility index (Phi) is 5.61. The summed E-state index contributed by atoms with van der Waals surface area (Å²) in [5, 5.41) is 8.06. The van der Waals surface area contributed by atoms with Crippen LogP contribution in [-0.4, -0.2) is 45.3 Å². The van der Waals surface area contributed by atoms with E-state index in [1.165, 1.54) is 17.3 Å². The SMILES string of the molecule is CCOC(=O)c1cnn(-c2cc(C)c3cccc(OC)c3n2)c1NC(=O)c1ccc2ocnc2c1. The van der Waals surface area contributed by atoms with E-state index in [2.05, 4.69) is 15.4 Å². The number of carbonyl (C=O) groups excluding carboxylic acids is 2. The van der Waals surface area contributed by atoms with Crippen molar-refractivity contribution in [1.29, 1.82) is 0 Å². The first-order chi connectivity index (χ1) is 17.0. The third kappa shape index (κ3) is 3.95. The molecule has 5 aromatic rings. The van der Waals surface area contributed by atoms with Gasteiger partial charge in [-0.2, -0.15) is 9.78 Å². The van der Waals surface area contributed by atoms with E-state index >= 15 is 0 Å². The molecule has 3 aromatic heterocycles. The zero-order valence-electron chi connectivity index (χ0n) is 19.2. The molecule has 0 saturated carbocycles. The molecular weight excluding hydrogens is 450 g/mol. The number of pyridine rings is 1. The molecule has 35 heavy (non-hydrogen) atoms. The third-order valence-corrected chi connectivity index (χ3v) is 5.52. The number of amides is 1. The van der Waals surface area contributed by atoms with Gasteiger partial charge in [0.25, 0.3) is 5.91 Å². The van der Waals surface area contributed by atoms with Crippen molar-refractivity contribution in [3.63, 3.8) is 0 Å². The summed E-state index contributed by atoms with van der Waals surface area (Å²) >= 11 is 0. The van der Waals surface area contributed by atoms with E-state index in [1.54, 1.807) is 32.2 Å². The van der Waals surface area contributed by atoms with Crippen molar-refractivity contribution in [2.45, 2.75) is 13.8 Å². The lowest BCUT2D eigenvalue weighted by Crippen LogP contribution is -2.18. The maximum atomic E-state index is 13.2. The molecule has 0 aliphatic heterocycles. The Morgan fingerprint density at radius 2 is 2.03 bits per heavy atom. The van der Waals surface area contributed by atoms with Crippen LogP contribution in [-0.2, 0) is 4.74 Å². The van der Waals surface area contributed by atoms with Crippen LogP contribution >= 0.6 is 0 Å². The number of aryl methyl sites for hydroxylation is 1. The number of carbonyl (C=O) groups is 2. The summed E-state index contributed by atoms with van der Waals surface area (Å²) in [6.07, 6.45) is 2.65. The number of oxazole rings is 1. The molecular formula is C25H21N5O5. The lowest BCUT2D eigenvalue weighted by atomic mass is 10.1. The van der Waals surface area contributed by atoms with Gasteiger partial charge in [0.15, 0.2) is 23.6 Å². The normalized spacial score (nSPS) is 11.1. The molecule has 2 aromatic carbocycles. The number of methoxy groups -OCH3 is 1. The average Bonchev–Trinajstić information content (AvgIpc) is 3.50. The molecule has 176 valence electrons. The number of anilines is 1. The Morgan fingerprint density at radius 1 is 1.17 bits per heavy atom. The number of esters is 1. The number of hydrogen-bond donors (Lipinski definition) is 1. The predicted octanol–water partition coefficient (Wildman–Crippen LogP) is 4.31. The number of aromatic nitrogens is 4. The van der Waals surface area contributed by atoms with Gasteiger partial charge in [-0.25, -0.2) is 14.8 Å². The van der Waals surface area contributed by atoms with Gasteiger partial charge in [-0.15, -0.1) is 0 Å². The van der Waals surface area contributed by atoms with E-state index in [0.717, 1.165) is 10.9 Å². The molecule has 0 unspecified atom stereocenters. The largest absolute Gasteiger partial charge is 0.494 e. The van der Waals surface area contributed by atoms with Crippen LogP contribution < -0.4 is 10.1 Å². The number of rotatable bonds is 6. The minimum Gasteiger partial charge on any atom is -0.494 e. The molecule has 0 aliphatic carbocycles. The highest BCUT2D eigenvalue weighted by Gasteiger charge is 2.23. The topological polar surface area (TPSA) is 121 Å². The van der Waals surface area contributed by atoms with Crippen LogP contribution in [0, 0.1) is 6.92 Å². The van der Waals surface area contributed by atoms with Crippen molar-refractivity contribution in [1.82, 2.24) is 19.7 Å². The van der Waals surface area contributed by atoms with Crippen LogP contribution in [0.3, 0.4) is 0 Å². The summed E-state index contributed by atoms with van der Waals surface area (Å²) in [4.78, 5) is 34.6. The van der Waals surface area contributed by atoms with Gasteiger partial charge >= 0.3 is 5.97 Å². The number of nitrogens with zero attached hydrogens (tertiary/aromatic N) is 4. The monoisotopic (exact) mass is 471 g/mol. The van der Waals surface area contributed by atoms with Crippen molar-refractivity contribution in [3.05, 3.63) is 71.7 Å². The first-order valence-corrected chi connectivity index (χ1v) is 10.8. The first-order valence-electron chi connectivity index (χ1n) is 10.8. The molecule has 0 fully saturated rings. The lowest BCUT2D eigenvalue weighted by molar-refractivity contribution is 0.0527. The zero-order valence-corrected chi connectivity index (χ0v) is 19.2. The Bertz CT molecular complexity index is 1590. The van der Waals surface area contributed by atoms with Gasteiger partial charge in [-0.3, -0.25) is 4.79 Å². The van der Waals surface area contributed by atoms with Crippen molar-refractivity contribution >= 4 is 39.7 Å². The molecule has 5 rings (SSSR count). The van der Waals surface area contributed by atoms with E-state index < -0.39 is 11.9 Å². The number of ether oxygens (including phenoxy) is 2. The van der Waals surface area contributed by atoms with Gasteiger partial charge < -0.3 is 19.2 Å². The van der Waals surface area contributed by atoms with Crippen molar-refractivity contribution in [2.75, 3.05) is 19.0 Å². The third-order valence-electron chi connectivity index (χ3n) is 5.52. The second-order valence-electron chi connectivity index (χ2n) is 7.68. The first kappa shape index (κ1) is 22.1. The van der Waals surface area contributed by atoms with Crippen molar-refractivity contribution < 1.29 is 23.5 Å². The Labute approximate surface area is 199 Å². The molecule has 1 amide bonds. The highest BCUT2D eigenvalue weighted by atomic mass is 16.5. The number of fused-ring (bicyclic) bond motifs is 2. The van der Waals surface area contributed by atoms with E-state index in [4.69, 9.17) is 18.9 Å². The number of para-hydroxylation sites is 1. The molecule has 3 heterocycles. The maximum absolute atomic E-state index is 13.2. The van der Waals surface area contributed by atoms with E-state index in [1.807, 2.05) is 31.2 Å². The molecule has 0 atom stereocenters. The second-order valence-corrected chi connectivity index (χ2v) is 7.68. The fraction of sp³-hybridized carbons (Fsp3) is 0.160. The summed E-state index contributed by atoms with van der Waals surface area (Å²) in [5.41, 5.74) is 3.08. The molecule has 10 heteroatoms. The molecule has 0 spiro atoms. The highest BCUT2D eigenvalue weighted by molar-refractivity contribution is 6.08. The predicted molar refractivity (Wildman–Crippen MR) is 128 cm³/mol. The van der Waals surface area contributed by atoms with Crippen molar-refractivity contribution in [2.24, 2.45) is 0 Å². The summed E-state index contributed by atoms with van der Waals surface area (Å²) in [5.74, 6) is 0.0530. The van der Waals surface area contributed by atoms with Gasteiger partial charge in [0, 0.05) is 10.9 Å². The molecule has 1 N–H and O–H groups in total. The van der Waals surface area contributed by atoms with Crippen LogP contribution in [0.25, 0.3) is 27.8 Å². The van der Waals surface area contributed by atoms with Crippen LogP contribution in [0.15, 0.2) is 59.5 Å². The van der Waals surface area contributed by atoms with Crippen LogP contribution in [0.5, 0.6) is 5.75 Å². The summed E-state index contributed by atoms with van der Waals surface area (Å²) in [6.45, 7) is 3.81. The number of nitrogens with one attached hydrogen (secondary N) is 1. The van der Waals surface area contributed by atoms with E-state index in [-0.39, 0.29) is 18.0 Å². The fourth-order valence-electron chi connectivity index (χ4n) is 3.83. The van der Waals surface area contributed by atoms with Gasteiger partial charge in [0.05, 0.1) is 19.9 Å². The second kappa shape index (κ2) is 8.90. The van der Waals surface area contributed by atoms with E-state index in [9.17, 15) is 9.59 Å². The van der Waals surface area contributed by atoms with Gasteiger partial charge in [0.1, 0.15) is 22.3 Å². The summed E-state index contributed by atoms with van der Waals surface area (Å²) in [7, 11) is 1.57. The van der Waals surface area contributed by atoms with Gasteiger partial charge in [-0.05, 0) is 49.7 Å². The van der Waals surface area contributed by atoms with E-state index in [0.29, 0.717) is 33.7 Å². The lowest BCUT2D eigenvalue weighted by Gasteiger charge is -2.13. The van der Waals surface area contributed by atoms with Crippen LogP contribution in [0.1, 0.15) is 33.2 Å². The quantitative estimate of drug-likeness (QED) is 0.364. The Morgan fingerprint density at radius 3 is 2.83 bits per heavy atom. The van der Waals surface area contributed by atoms with Crippen LogP contribution in [0.4, 0.5) is 5.82 Å². The van der Waals surface area contributed by atoms with Gasteiger partial charge in [-0.1, -0.05) is 12.1 Å². The molecule has 10 nitrogen and oxygen atoms in total. The zero-order chi connectivity index (χ0) is 24.5. The number of hydrogen-bond acceptors (Lipinski definition) is 8. The van der Waals surface area contributed by atoms with Crippen molar-refractivity contribution in [3.8, 4) is 11.6 Å². The molecule has 0 saturated heterocycles. The smallest absolute Gasteiger partial charge is 0.343 e. The summed E-state index contributed by atoms with van der Waals surface area (Å²) in [6, 6.07) is 12.3. The minimum absolute atomic E-state index is 0.0993. The molecule has 0 aliphatic rings. The molecule has 0 bridgehead atoms. The maximum Gasteiger partial charge on any atom is 0.343 e. The minimum atomic E-state index is -0.615. The molecule has 0 radical (unpaired) electrons. The standard InChI is InChI=1S/C25H21N5O5/c1-4-34-25(32)17-12-27-30(21-10-14(2)16-6-5-7-20(33-3)22(16)28-21)23(17)29-24(31)15-8-9-19-18(11-15)26-13-35-19/h5-13H,4H2,1-3H3,(H,29,31). The Balaban J connectivity index is 1.62. The average molecular weight is 471 g/mol.